The molecule has 0 radical (unpaired) electrons. The van der Waals surface area contributed by atoms with Gasteiger partial charge in [-0.25, -0.2) is 0 Å². The van der Waals surface area contributed by atoms with Gasteiger partial charge in [-0.1, -0.05) is 0 Å². The smallest absolute Gasteiger partial charge is 0.0701 e. The summed E-state index contributed by atoms with van der Waals surface area (Å²) in [5.41, 5.74) is 1.12. The number of methoxy groups -OCH3 is 2. The maximum absolute atomic E-state index is 5.53. The van der Waals surface area contributed by atoms with Gasteiger partial charge in [0, 0.05) is 45.4 Å². The van der Waals surface area contributed by atoms with E-state index in [2.05, 4.69) is 9.88 Å². The van der Waals surface area contributed by atoms with Crippen molar-refractivity contribution in [2.24, 2.45) is 0 Å². The highest BCUT2D eigenvalue weighted by molar-refractivity contribution is 5.44. The second kappa shape index (κ2) is 12.5. The van der Waals surface area contributed by atoms with Crippen LogP contribution in [0, 0.1) is 0 Å². The van der Waals surface area contributed by atoms with Crippen LogP contribution in [0.15, 0.2) is 24.5 Å². The number of pyridine rings is 1. The first-order valence-corrected chi connectivity index (χ1v) is 7.17. The van der Waals surface area contributed by atoms with Gasteiger partial charge in [-0.3, -0.25) is 4.98 Å². The lowest BCUT2D eigenvalue weighted by atomic mass is 10.3. The lowest BCUT2D eigenvalue weighted by Crippen LogP contribution is -2.31. The SMILES string of the molecule is COCCOCCN(CCOCCOC)c1ccncc1. The third kappa shape index (κ3) is 8.62. The van der Waals surface area contributed by atoms with Crippen molar-refractivity contribution in [1.29, 1.82) is 0 Å². The van der Waals surface area contributed by atoms with Crippen molar-refractivity contribution in [3.05, 3.63) is 24.5 Å². The molecule has 0 aliphatic heterocycles. The minimum atomic E-state index is 0.616. The van der Waals surface area contributed by atoms with Gasteiger partial charge < -0.3 is 23.8 Å². The van der Waals surface area contributed by atoms with Crippen molar-refractivity contribution < 1.29 is 18.9 Å². The number of anilines is 1. The molecule has 1 rings (SSSR count). The molecule has 0 amide bonds. The first-order chi connectivity index (χ1) is 10.4. The normalized spacial score (nSPS) is 10.8. The molecule has 0 fully saturated rings. The van der Waals surface area contributed by atoms with Crippen molar-refractivity contribution >= 4 is 5.69 Å². The fourth-order valence-corrected chi connectivity index (χ4v) is 1.76. The zero-order valence-electron chi connectivity index (χ0n) is 13.0. The zero-order chi connectivity index (χ0) is 15.2. The number of aromatic nitrogens is 1. The first-order valence-electron chi connectivity index (χ1n) is 7.17. The summed E-state index contributed by atoms with van der Waals surface area (Å²) in [5, 5.41) is 0. The molecule has 21 heavy (non-hydrogen) atoms. The molecule has 6 nitrogen and oxygen atoms in total. The van der Waals surface area contributed by atoms with Crippen LogP contribution < -0.4 is 4.90 Å². The summed E-state index contributed by atoms with van der Waals surface area (Å²) in [5.74, 6) is 0. The van der Waals surface area contributed by atoms with E-state index in [9.17, 15) is 0 Å². The Balaban J connectivity index is 2.32. The maximum Gasteiger partial charge on any atom is 0.0701 e. The topological polar surface area (TPSA) is 53.1 Å². The Morgan fingerprint density at radius 1 is 0.810 bits per heavy atom. The highest BCUT2D eigenvalue weighted by atomic mass is 16.5. The van der Waals surface area contributed by atoms with Gasteiger partial charge in [0.05, 0.1) is 39.6 Å². The number of nitrogens with zero attached hydrogens (tertiary/aromatic N) is 2. The van der Waals surface area contributed by atoms with Crippen molar-refractivity contribution in [2.75, 3.05) is 71.9 Å². The monoisotopic (exact) mass is 298 g/mol. The van der Waals surface area contributed by atoms with Gasteiger partial charge >= 0.3 is 0 Å². The molecule has 0 aliphatic rings. The molecule has 0 unspecified atom stereocenters. The molecule has 120 valence electrons. The number of hydrogen-bond donors (Lipinski definition) is 0. The van der Waals surface area contributed by atoms with Crippen LogP contribution in [0.4, 0.5) is 5.69 Å². The summed E-state index contributed by atoms with van der Waals surface area (Å²) in [7, 11) is 3.34. The zero-order valence-corrected chi connectivity index (χ0v) is 13.0. The highest BCUT2D eigenvalue weighted by Gasteiger charge is 2.06. The molecular weight excluding hydrogens is 272 g/mol. The summed E-state index contributed by atoms with van der Waals surface area (Å²) in [6.45, 7) is 5.40. The molecule has 1 aromatic rings. The van der Waals surface area contributed by atoms with Crippen molar-refractivity contribution in [1.82, 2.24) is 4.98 Å². The Morgan fingerprint density at radius 3 is 1.81 bits per heavy atom. The van der Waals surface area contributed by atoms with Gasteiger partial charge in [0.1, 0.15) is 0 Å². The summed E-state index contributed by atoms with van der Waals surface area (Å²) < 4.78 is 21.0. The minimum absolute atomic E-state index is 0.616. The lowest BCUT2D eigenvalue weighted by molar-refractivity contribution is 0.0677. The average Bonchev–Trinajstić information content (AvgIpc) is 2.53. The van der Waals surface area contributed by atoms with Crippen LogP contribution in [-0.4, -0.2) is 71.9 Å². The van der Waals surface area contributed by atoms with E-state index in [1.165, 1.54) is 0 Å². The fraction of sp³-hybridized carbons (Fsp3) is 0.667. The predicted octanol–water partition coefficient (Wildman–Crippen LogP) is 1.21. The van der Waals surface area contributed by atoms with Crippen LogP contribution >= 0.6 is 0 Å². The molecule has 1 heterocycles. The Kier molecular flexibility index (Phi) is 10.6. The molecule has 0 aromatic carbocycles. The largest absolute Gasteiger partial charge is 0.382 e. The van der Waals surface area contributed by atoms with Gasteiger partial charge in [0.15, 0.2) is 0 Å². The minimum Gasteiger partial charge on any atom is -0.382 e. The van der Waals surface area contributed by atoms with E-state index in [0.29, 0.717) is 39.6 Å². The molecule has 1 aromatic heterocycles. The number of ether oxygens (including phenoxy) is 4. The van der Waals surface area contributed by atoms with E-state index in [0.717, 1.165) is 18.8 Å². The van der Waals surface area contributed by atoms with E-state index < -0.39 is 0 Å². The standard InChI is InChI=1S/C15H26N2O4/c1-18-11-13-20-9-7-17(8-10-21-14-12-19-2)15-3-5-16-6-4-15/h3-6H,7-14H2,1-2H3. The van der Waals surface area contributed by atoms with Crippen LogP contribution in [0.25, 0.3) is 0 Å². The van der Waals surface area contributed by atoms with Crippen LogP contribution in [0.3, 0.4) is 0 Å². The number of rotatable bonds is 13. The van der Waals surface area contributed by atoms with E-state index in [1.807, 2.05) is 12.1 Å². The summed E-state index contributed by atoms with van der Waals surface area (Å²) >= 11 is 0. The third-order valence-electron chi connectivity index (χ3n) is 2.90. The van der Waals surface area contributed by atoms with Gasteiger partial charge in [-0.2, -0.15) is 0 Å². The van der Waals surface area contributed by atoms with Crippen LogP contribution in [-0.2, 0) is 18.9 Å². The maximum atomic E-state index is 5.53. The van der Waals surface area contributed by atoms with Crippen LogP contribution in [0.2, 0.25) is 0 Å². The van der Waals surface area contributed by atoms with Crippen molar-refractivity contribution in [2.45, 2.75) is 0 Å². The quantitative estimate of drug-likeness (QED) is 0.510. The molecule has 0 aliphatic carbocycles. The summed E-state index contributed by atoms with van der Waals surface area (Å²) in [6, 6.07) is 3.98. The van der Waals surface area contributed by atoms with E-state index in [1.54, 1.807) is 26.6 Å². The Bertz CT molecular complexity index is 324. The van der Waals surface area contributed by atoms with Gasteiger partial charge in [-0.05, 0) is 12.1 Å². The molecular formula is C15H26N2O4. The average molecular weight is 298 g/mol. The second-order valence-electron chi connectivity index (χ2n) is 4.40. The Hall–Kier alpha value is -1.21. The molecule has 0 N–H and O–H groups in total. The van der Waals surface area contributed by atoms with E-state index >= 15 is 0 Å². The molecule has 0 saturated carbocycles. The lowest BCUT2D eigenvalue weighted by Gasteiger charge is -2.24. The predicted molar refractivity (Wildman–Crippen MR) is 81.8 cm³/mol. The van der Waals surface area contributed by atoms with Gasteiger partial charge in [-0.15, -0.1) is 0 Å². The van der Waals surface area contributed by atoms with Crippen molar-refractivity contribution in [3.8, 4) is 0 Å². The first kappa shape index (κ1) is 17.8. The molecule has 6 heteroatoms. The van der Waals surface area contributed by atoms with Gasteiger partial charge in [0.25, 0.3) is 0 Å². The van der Waals surface area contributed by atoms with Crippen molar-refractivity contribution in [3.63, 3.8) is 0 Å². The second-order valence-corrected chi connectivity index (χ2v) is 4.40. The van der Waals surface area contributed by atoms with Gasteiger partial charge in [0.2, 0.25) is 0 Å². The third-order valence-corrected chi connectivity index (χ3v) is 2.90. The number of hydrogen-bond acceptors (Lipinski definition) is 6. The summed E-state index contributed by atoms with van der Waals surface area (Å²) in [6.07, 6.45) is 3.58. The van der Waals surface area contributed by atoms with E-state index in [4.69, 9.17) is 18.9 Å². The molecule has 0 bridgehead atoms. The molecule has 0 atom stereocenters. The van der Waals surface area contributed by atoms with Crippen LogP contribution in [0.1, 0.15) is 0 Å². The summed E-state index contributed by atoms with van der Waals surface area (Å²) in [4.78, 5) is 6.27. The molecule has 0 saturated heterocycles. The fourth-order valence-electron chi connectivity index (χ4n) is 1.76. The molecule has 0 spiro atoms. The van der Waals surface area contributed by atoms with E-state index in [-0.39, 0.29) is 0 Å². The Labute approximate surface area is 127 Å². The Morgan fingerprint density at radius 2 is 1.33 bits per heavy atom. The highest BCUT2D eigenvalue weighted by Crippen LogP contribution is 2.11. The van der Waals surface area contributed by atoms with Crippen LogP contribution in [0.5, 0.6) is 0 Å².